The molecular formula is C33H51N7O4S. The number of nitrogens with two attached hydrogens (primary N) is 1. The van der Waals surface area contributed by atoms with Crippen molar-refractivity contribution in [1.29, 1.82) is 0 Å². The Balaban J connectivity index is 1.11. The summed E-state index contributed by atoms with van der Waals surface area (Å²) in [4.78, 5) is 26.8. The van der Waals surface area contributed by atoms with E-state index >= 15 is 0 Å². The lowest BCUT2D eigenvalue weighted by Gasteiger charge is -2.43. The van der Waals surface area contributed by atoms with Gasteiger partial charge in [0.05, 0.1) is 18.5 Å². The molecule has 1 aromatic carbocycles. The van der Waals surface area contributed by atoms with Crippen molar-refractivity contribution < 1.29 is 17.9 Å². The number of carbonyl (C=O) groups excluding carboxylic acids is 1. The van der Waals surface area contributed by atoms with Crippen LogP contribution in [0.2, 0.25) is 0 Å². The number of benzene rings is 1. The van der Waals surface area contributed by atoms with Crippen LogP contribution in [0.4, 0.5) is 5.82 Å². The summed E-state index contributed by atoms with van der Waals surface area (Å²) in [6.07, 6.45) is 9.35. The Morgan fingerprint density at radius 2 is 1.71 bits per heavy atom. The first kappa shape index (κ1) is 33.7. The molecule has 5 rings (SSSR count). The zero-order valence-corrected chi connectivity index (χ0v) is 28.4. The second-order valence-electron chi connectivity index (χ2n) is 13.7. The number of likely N-dealkylation sites (tertiary alicyclic amines) is 2. The van der Waals surface area contributed by atoms with E-state index < -0.39 is 10.0 Å². The second kappa shape index (κ2) is 14.0. The minimum atomic E-state index is -3.18. The lowest BCUT2D eigenvalue weighted by Crippen LogP contribution is -2.52. The Hall–Kier alpha value is -2.64. The zero-order valence-electron chi connectivity index (χ0n) is 27.5. The van der Waals surface area contributed by atoms with Crippen LogP contribution in [0.3, 0.4) is 0 Å². The largest absolute Gasteiger partial charge is 0.368 e. The Labute approximate surface area is 269 Å². The summed E-state index contributed by atoms with van der Waals surface area (Å²) in [7, 11) is -1.50. The maximum Gasteiger partial charge on any atom is 0.272 e. The smallest absolute Gasteiger partial charge is 0.272 e. The average Bonchev–Trinajstić information content (AvgIpc) is 3.03. The van der Waals surface area contributed by atoms with Crippen LogP contribution in [-0.4, -0.2) is 103 Å². The van der Waals surface area contributed by atoms with Crippen LogP contribution in [0.15, 0.2) is 30.6 Å². The molecule has 3 aliphatic heterocycles. The molecule has 0 unspecified atom stereocenters. The van der Waals surface area contributed by atoms with Crippen molar-refractivity contribution in [3.63, 3.8) is 0 Å². The van der Waals surface area contributed by atoms with E-state index in [1.807, 2.05) is 25.7 Å². The van der Waals surface area contributed by atoms with E-state index in [-0.39, 0.29) is 29.7 Å². The maximum absolute atomic E-state index is 13.6. The molecule has 45 heavy (non-hydrogen) atoms. The van der Waals surface area contributed by atoms with Gasteiger partial charge >= 0.3 is 0 Å². The molecule has 1 aromatic heterocycles. The molecule has 0 spiro atoms. The van der Waals surface area contributed by atoms with Crippen molar-refractivity contribution >= 4 is 21.7 Å². The van der Waals surface area contributed by atoms with Crippen LogP contribution >= 0.6 is 0 Å². The van der Waals surface area contributed by atoms with Gasteiger partial charge in [0.15, 0.2) is 0 Å². The van der Waals surface area contributed by atoms with E-state index in [1.165, 1.54) is 22.5 Å². The van der Waals surface area contributed by atoms with Gasteiger partial charge in [-0.2, -0.15) is 0 Å². The number of hydrogen-bond acceptors (Lipinski definition) is 9. The number of ether oxygens (including phenoxy) is 1. The summed E-state index contributed by atoms with van der Waals surface area (Å²) >= 11 is 0. The summed E-state index contributed by atoms with van der Waals surface area (Å²) in [5.41, 5.74) is 9.36. The number of carbonyl (C=O) groups is 1. The summed E-state index contributed by atoms with van der Waals surface area (Å²) in [5.74, 6) is 0.619. The fourth-order valence-electron chi connectivity index (χ4n) is 6.95. The van der Waals surface area contributed by atoms with Crippen LogP contribution < -0.4 is 11.1 Å². The molecule has 3 saturated heterocycles. The number of nitrogens with zero attached hydrogens (tertiary/aromatic N) is 5. The average molecular weight is 642 g/mol. The number of nitrogens with one attached hydrogen (secondary N) is 1. The third kappa shape index (κ3) is 8.21. The molecule has 2 aromatic rings. The molecule has 248 valence electrons. The standard InChI is InChI=1S/C33H51N7O4S/c1-23-30(32(41)40-19-15-27(16-20-40)39-17-13-26(14-18-39)38(4)45(5,42)43)36-22-37-31(23)35-21-28-7-6-8-29(44-28)24-9-11-25(12-10-24)33(2,3)34/h9-12,22,26-29H,6-8,13-21,34H2,1-5H3,(H,35,36,37)/t28-,29+/m0/s1. The molecule has 4 heterocycles. The van der Waals surface area contributed by atoms with E-state index in [2.05, 4.69) is 44.5 Å². The van der Waals surface area contributed by atoms with Crippen molar-refractivity contribution in [2.45, 2.75) is 95.5 Å². The highest BCUT2D eigenvalue weighted by atomic mass is 32.2. The van der Waals surface area contributed by atoms with Gasteiger partial charge in [-0.05, 0) is 89.9 Å². The van der Waals surface area contributed by atoms with Gasteiger partial charge in [-0.25, -0.2) is 22.7 Å². The fourth-order valence-corrected chi connectivity index (χ4v) is 7.70. The molecule has 1 amide bonds. The zero-order chi connectivity index (χ0) is 32.4. The fraction of sp³-hybridized carbons (Fsp3) is 0.667. The van der Waals surface area contributed by atoms with Crippen LogP contribution in [0.1, 0.15) is 92.1 Å². The van der Waals surface area contributed by atoms with Crippen molar-refractivity contribution in [2.75, 3.05) is 51.3 Å². The van der Waals surface area contributed by atoms with Crippen LogP contribution in [0.5, 0.6) is 0 Å². The predicted octanol–water partition coefficient (Wildman–Crippen LogP) is 3.66. The van der Waals surface area contributed by atoms with Gasteiger partial charge in [0, 0.05) is 49.9 Å². The van der Waals surface area contributed by atoms with Crippen LogP contribution in [0, 0.1) is 6.92 Å². The highest BCUT2D eigenvalue weighted by Crippen LogP contribution is 2.33. The molecule has 0 radical (unpaired) electrons. The van der Waals surface area contributed by atoms with Gasteiger partial charge in [-0.3, -0.25) is 4.79 Å². The molecule has 3 fully saturated rings. The van der Waals surface area contributed by atoms with Gasteiger partial charge in [0.1, 0.15) is 17.8 Å². The lowest BCUT2D eigenvalue weighted by atomic mass is 9.92. The number of anilines is 1. The van der Waals surface area contributed by atoms with Crippen molar-refractivity contribution in [3.8, 4) is 0 Å². The quantitative estimate of drug-likeness (QED) is 0.421. The van der Waals surface area contributed by atoms with E-state index in [1.54, 1.807) is 7.05 Å². The van der Waals surface area contributed by atoms with Gasteiger partial charge in [-0.15, -0.1) is 0 Å². The molecule has 0 aliphatic carbocycles. The molecule has 0 saturated carbocycles. The SMILES string of the molecule is Cc1c(NC[C@@H]2CCC[C@H](c3ccc(C(C)(C)N)cc3)O2)ncnc1C(=O)N1CCC(N2CCC(N(C)S(C)(=O)=O)CC2)CC1. The Morgan fingerprint density at radius 1 is 1.04 bits per heavy atom. The summed E-state index contributed by atoms with van der Waals surface area (Å²) in [6.45, 7) is 9.66. The summed E-state index contributed by atoms with van der Waals surface area (Å²) in [6, 6.07) is 8.92. The van der Waals surface area contributed by atoms with Gasteiger partial charge in [-0.1, -0.05) is 24.3 Å². The molecule has 11 nitrogen and oxygen atoms in total. The van der Waals surface area contributed by atoms with Crippen molar-refractivity contribution in [1.82, 2.24) is 24.1 Å². The molecular weight excluding hydrogens is 590 g/mol. The second-order valence-corrected chi connectivity index (χ2v) is 15.7. The van der Waals surface area contributed by atoms with E-state index in [0.29, 0.717) is 37.2 Å². The monoisotopic (exact) mass is 641 g/mol. The number of piperidine rings is 2. The minimum absolute atomic E-state index is 0.0405. The first-order chi connectivity index (χ1) is 21.3. The molecule has 12 heteroatoms. The number of sulfonamides is 1. The Morgan fingerprint density at radius 3 is 2.33 bits per heavy atom. The Bertz CT molecular complexity index is 1410. The maximum atomic E-state index is 13.6. The predicted molar refractivity (Wildman–Crippen MR) is 177 cm³/mol. The first-order valence-electron chi connectivity index (χ1n) is 16.4. The summed E-state index contributed by atoms with van der Waals surface area (Å²) < 4.78 is 31.9. The van der Waals surface area contributed by atoms with Gasteiger partial charge in [0.25, 0.3) is 5.91 Å². The van der Waals surface area contributed by atoms with Crippen LogP contribution in [0.25, 0.3) is 0 Å². The highest BCUT2D eigenvalue weighted by molar-refractivity contribution is 7.88. The Kier molecular flexibility index (Phi) is 10.5. The minimum Gasteiger partial charge on any atom is -0.368 e. The highest BCUT2D eigenvalue weighted by Gasteiger charge is 2.33. The van der Waals surface area contributed by atoms with E-state index in [4.69, 9.17) is 10.5 Å². The normalized spacial score (nSPS) is 23.0. The number of amides is 1. The molecule has 3 aliphatic rings. The van der Waals surface area contributed by atoms with Crippen molar-refractivity contribution in [3.05, 3.63) is 53.0 Å². The number of aromatic nitrogens is 2. The lowest BCUT2D eigenvalue weighted by molar-refractivity contribution is -0.0442. The van der Waals surface area contributed by atoms with Crippen molar-refractivity contribution in [2.24, 2.45) is 5.73 Å². The third-order valence-corrected chi connectivity index (χ3v) is 11.3. The van der Waals surface area contributed by atoms with Crippen LogP contribution in [-0.2, 0) is 20.3 Å². The third-order valence-electron chi connectivity index (χ3n) is 9.96. The van der Waals surface area contributed by atoms with Gasteiger partial charge in [0.2, 0.25) is 10.0 Å². The summed E-state index contributed by atoms with van der Waals surface area (Å²) in [5, 5.41) is 3.44. The van der Waals surface area contributed by atoms with E-state index in [0.717, 1.165) is 69.2 Å². The molecule has 0 bridgehead atoms. The molecule has 2 atom stereocenters. The number of hydrogen-bond donors (Lipinski definition) is 2. The first-order valence-corrected chi connectivity index (χ1v) is 18.2. The van der Waals surface area contributed by atoms with Gasteiger partial charge < -0.3 is 25.6 Å². The topological polar surface area (TPSA) is 134 Å². The van der Waals surface area contributed by atoms with E-state index in [9.17, 15) is 13.2 Å². The number of rotatable bonds is 9. The molecule has 3 N–H and O–H groups in total.